The van der Waals surface area contributed by atoms with Gasteiger partial charge in [-0.3, -0.25) is 0 Å². The second-order valence-corrected chi connectivity index (χ2v) is 9.20. The number of carbonyl (C=O) groups excluding carboxylic acids is 1. The van der Waals surface area contributed by atoms with Gasteiger partial charge >= 0.3 is 6.03 Å². The van der Waals surface area contributed by atoms with Crippen LogP contribution in [-0.2, 0) is 16.4 Å². The molecule has 7 heteroatoms. The first-order chi connectivity index (χ1) is 11.7. The molecule has 0 spiro atoms. The van der Waals surface area contributed by atoms with Gasteiger partial charge in [0.05, 0.1) is 11.9 Å². The summed E-state index contributed by atoms with van der Waals surface area (Å²) in [6.07, 6.45) is 3.04. The van der Waals surface area contributed by atoms with Crippen LogP contribution in [0.15, 0.2) is 24.3 Å². The number of carbonyl (C=O) groups is 1. The Hall–Kier alpha value is -1.76. The molecule has 6 nitrogen and oxygen atoms in total. The lowest BCUT2D eigenvalue weighted by Crippen LogP contribution is -2.46. The average Bonchev–Trinajstić information content (AvgIpc) is 2.51. The lowest BCUT2D eigenvalue weighted by molar-refractivity contribution is 0.170. The fourth-order valence-electron chi connectivity index (χ4n) is 3.10. The molecule has 1 aromatic carbocycles. The Morgan fingerprint density at radius 1 is 1.40 bits per heavy atom. The van der Waals surface area contributed by atoms with E-state index >= 15 is 0 Å². The summed E-state index contributed by atoms with van der Waals surface area (Å²) < 4.78 is 28.6. The van der Waals surface area contributed by atoms with Crippen molar-refractivity contribution in [3.8, 4) is 5.75 Å². The monoisotopic (exact) mass is 368 g/mol. The third-order valence-corrected chi connectivity index (χ3v) is 5.14. The van der Waals surface area contributed by atoms with E-state index in [1.54, 1.807) is 4.90 Å². The number of nitrogens with zero attached hydrogens (tertiary/aromatic N) is 1. The van der Waals surface area contributed by atoms with Gasteiger partial charge in [-0.2, -0.15) is 0 Å². The highest BCUT2D eigenvalue weighted by molar-refractivity contribution is 7.90. The maximum absolute atomic E-state index is 12.4. The molecule has 1 aromatic rings. The summed E-state index contributed by atoms with van der Waals surface area (Å²) in [7, 11) is -3.02. The van der Waals surface area contributed by atoms with Crippen LogP contribution in [0.1, 0.15) is 32.3 Å². The first kappa shape index (κ1) is 19.6. The van der Waals surface area contributed by atoms with E-state index in [4.69, 9.17) is 4.74 Å². The normalized spacial score (nSPS) is 18.2. The topological polar surface area (TPSA) is 75.7 Å². The first-order valence-electron chi connectivity index (χ1n) is 8.69. The van der Waals surface area contributed by atoms with Crippen molar-refractivity contribution in [2.45, 2.75) is 39.3 Å². The number of hydrogen-bond donors (Lipinski definition) is 1. The second kappa shape index (κ2) is 8.56. The first-order valence-corrected chi connectivity index (χ1v) is 10.7. The van der Waals surface area contributed by atoms with Crippen LogP contribution >= 0.6 is 0 Å². The van der Waals surface area contributed by atoms with Crippen LogP contribution in [0.2, 0.25) is 0 Å². The lowest BCUT2D eigenvalue weighted by Gasteiger charge is -2.32. The maximum atomic E-state index is 12.4. The zero-order valence-corrected chi connectivity index (χ0v) is 16.0. The SMILES string of the molecule is CC(C)Oc1cccc(CNC(=O)N2CCC[C@@H](CS(C)(=O)=O)C2)c1. The van der Waals surface area contributed by atoms with Crippen LogP contribution in [0.25, 0.3) is 0 Å². The summed E-state index contributed by atoms with van der Waals surface area (Å²) in [6.45, 7) is 5.52. The Labute approximate surface area is 150 Å². The van der Waals surface area contributed by atoms with Gasteiger partial charge in [0, 0.05) is 25.9 Å². The quantitative estimate of drug-likeness (QED) is 0.837. The van der Waals surface area contributed by atoms with Crippen LogP contribution in [0.4, 0.5) is 4.79 Å². The number of ether oxygens (including phenoxy) is 1. The second-order valence-electron chi connectivity index (χ2n) is 7.02. The highest BCUT2D eigenvalue weighted by Gasteiger charge is 2.25. The van der Waals surface area contributed by atoms with E-state index in [0.29, 0.717) is 19.6 Å². The Morgan fingerprint density at radius 3 is 2.84 bits per heavy atom. The molecule has 0 bridgehead atoms. The van der Waals surface area contributed by atoms with Crippen molar-refractivity contribution in [2.75, 3.05) is 25.1 Å². The minimum atomic E-state index is -3.02. The third kappa shape index (κ3) is 6.94. The molecule has 1 N–H and O–H groups in total. The van der Waals surface area contributed by atoms with Crippen molar-refractivity contribution >= 4 is 15.9 Å². The number of urea groups is 1. The lowest BCUT2D eigenvalue weighted by atomic mass is 10.0. The van der Waals surface area contributed by atoms with E-state index in [0.717, 1.165) is 24.2 Å². The van der Waals surface area contributed by atoms with Gasteiger partial charge in [-0.05, 0) is 50.3 Å². The van der Waals surface area contributed by atoms with Gasteiger partial charge in [0.15, 0.2) is 0 Å². The van der Waals surface area contributed by atoms with Gasteiger partial charge in [-0.15, -0.1) is 0 Å². The number of nitrogens with one attached hydrogen (secondary N) is 1. The highest BCUT2D eigenvalue weighted by atomic mass is 32.2. The summed E-state index contributed by atoms with van der Waals surface area (Å²) >= 11 is 0. The Morgan fingerprint density at radius 2 is 2.16 bits per heavy atom. The van der Waals surface area contributed by atoms with Crippen LogP contribution in [-0.4, -0.2) is 50.6 Å². The molecule has 0 unspecified atom stereocenters. The number of benzene rings is 1. The van der Waals surface area contributed by atoms with Gasteiger partial charge in [-0.1, -0.05) is 12.1 Å². The highest BCUT2D eigenvalue weighted by Crippen LogP contribution is 2.19. The largest absolute Gasteiger partial charge is 0.491 e. The fraction of sp³-hybridized carbons (Fsp3) is 0.611. The summed E-state index contributed by atoms with van der Waals surface area (Å²) in [4.78, 5) is 14.1. The standard InChI is InChI=1S/C18H28N2O4S/c1-14(2)24-17-8-4-6-15(10-17)11-19-18(21)20-9-5-7-16(12-20)13-25(3,22)23/h4,6,8,10,14,16H,5,7,9,11-13H2,1-3H3,(H,19,21)/t16-/m1/s1. The van der Waals surface area contributed by atoms with E-state index in [1.807, 2.05) is 38.1 Å². The Balaban J connectivity index is 1.87. The number of amides is 2. The van der Waals surface area contributed by atoms with Crippen LogP contribution in [0.3, 0.4) is 0 Å². The molecule has 1 saturated heterocycles. The van der Waals surface area contributed by atoms with E-state index in [9.17, 15) is 13.2 Å². The van der Waals surface area contributed by atoms with Gasteiger partial charge in [-0.25, -0.2) is 13.2 Å². The van der Waals surface area contributed by atoms with Crippen LogP contribution < -0.4 is 10.1 Å². The molecule has 0 radical (unpaired) electrons. The number of rotatable bonds is 6. The molecule has 2 amide bonds. The molecular formula is C18H28N2O4S. The van der Waals surface area contributed by atoms with Gasteiger partial charge in [0.2, 0.25) is 0 Å². The minimum Gasteiger partial charge on any atom is -0.491 e. The number of hydrogen-bond acceptors (Lipinski definition) is 4. The molecule has 1 fully saturated rings. The molecule has 1 atom stereocenters. The molecule has 0 saturated carbocycles. The molecule has 1 aliphatic heterocycles. The molecule has 1 heterocycles. The summed E-state index contributed by atoms with van der Waals surface area (Å²) in [5, 5.41) is 2.91. The zero-order chi connectivity index (χ0) is 18.4. The van der Waals surface area contributed by atoms with Gasteiger partial charge in [0.25, 0.3) is 0 Å². The molecule has 25 heavy (non-hydrogen) atoms. The minimum absolute atomic E-state index is 0.0252. The maximum Gasteiger partial charge on any atom is 0.317 e. The molecule has 140 valence electrons. The van der Waals surface area contributed by atoms with Gasteiger partial charge < -0.3 is 15.0 Å². The fourth-order valence-corrected chi connectivity index (χ4v) is 4.23. The van der Waals surface area contributed by atoms with Crippen molar-refractivity contribution in [2.24, 2.45) is 5.92 Å². The van der Waals surface area contributed by atoms with Crippen LogP contribution in [0.5, 0.6) is 5.75 Å². The zero-order valence-electron chi connectivity index (χ0n) is 15.2. The summed E-state index contributed by atoms with van der Waals surface area (Å²) in [5.74, 6) is 0.955. The summed E-state index contributed by atoms with van der Waals surface area (Å²) in [6, 6.07) is 7.51. The van der Waals surface area contributed by atoms with Crippen molar-refractivity contribution in [3.05, 3.63) is 29.8 Å². The summed E-state index contributed by atoms with van der Waals surface area (Å²) in [5.41, 5.74) is 0.969. The molecule has 1 aliphatic rings. The van der Waals surface area contributed by atoms with Crippen molar-refractivity contribution < 1.29 is 17.9 Å². The predicted molar refractivity (Wildman–Crippen MR) is 98.4 cm³/mol. The van der Waals surface area contributed by atoms with E-state index < -0.39 is 9.84 Å². The Bertz CT molecular complexity index is 688. The van der Waals surface area contributed by atoms with E-state index in [-0.39, 0.29) is 23.8 Å². The van der Waals surface area contributed by atoms with Crippen molar-refractivity contribution in [3.63, 3.8) is 0 Å². The van der Waals surface area contributed by atoms with E-state index in [2.05, 4.69) is 5.32 Å². The average molecular weight is 368 g/mol. The molecular weight excluding hydrogens is 340 g/mol. The smallest absolute Gasteiger partial charge is 0.317 e. The van der Waals surface area contributed by atoms with E-state index in [1.165, 1.54) is 6.26 Å². The van der Waals surface area contributed by atoms with Crippen molar-refractivity contribution in [1.82, 2.24) is 10.2 Å². The molecule has 2 rings (SSSR count). The number of piperidine rings is 1. The number of likely N-dealkylation sites (tertiary alicyclic amines) is 1. The predicted octanol–water partition coefficient (Wildman–Crippen LogP) is 2.44. The van der Waals surface area contributed by atoms with Crippen LogP contribution in [0, 0.1) is 5.92 Å². The third-order valence-electron chi connectivity index (χ3n) is 4.06. The number of sulfone groups is 1. The van der Waals surface area contributed by atoms with Crippen molar-refractivity contribution in [1.29, 1.82) is 0 Å². The Kier molecular flexibility index (Phi) is 6.70. The van der Waals surface area contributed by atoms with Gasteiger partial charge in [0.1, 0.15) is 15.6 Å². The molecule has 0 aliphatic carbocycles. The molecule has 0 aromatic heterocycles.